The number of aromatic nitrogens is 1. The largest absolute Gasteiger partial charge is 0.477 e. The van der Waals surface area contributed by atoms with Gasteiger partial charge in [-0.2, -0.15) is 0 Å². The van der Waals surface area contributed by atoms with E-state index in [-0.39, 0.29) is 24.6 Å². The maximum atomic E-state index is 11.5. The summed E-state index contributed by atoms with van der Waals surface area (Å²) in [6, 6.07) is 2.57. The Hall–Kier alpha value is -2.64. The first kappa shape index (κ1) is 14.8. The molecule has 4 N–H and O–H groups in total. The molecule has 0 saturated heterocycles. The van der Waals surface area contributed by atoms with Crippen molar-refractivity contribution in [1.29, 1.82) is 0 Å². The second-order valence-electron chi connectivity index (χ2n) is 4.71. The van der Waals surface area contributed by atoms with E-state index >= 15 is 0 Å². The van der Waals surface area contributed by atoms with E-state index in [4.69, 9.17) is 5.11 Å². The molecule has 1 saturated carbocycles. The van der Waals surface area contributed by atoms with Crippen molar-refractivity contribution in [3.05, 3.63) is 24.0 Å². The van der Waals surface area contributed by atoms with Crippen LogP contribution in [-0.4, -0.2) is 40.6 Å². The summed E-state index contributed by atoms with van der Waals surface area (Å²) in [5.41, 5.74) is 0.276. The smallest absolute Gasteiger partial charge is 0.354 e. The van der Waals surface area contributed by atoms with Gasteiger partial charge >= 0.3 is 12.0 Å². The Kier molecular flexibility index (Phi) is 4.70. The Morgan fingerprint density at radius 3 is 2.62 bits per heavy atom. The minimum absolute atomic E-state index is 0.0784. The first-order valence-corrected chi connectivity index (χ1v) is 6.58. The monoisotopic (exact) mass is 292 g/mol. The molecule has 1 aromatic heterocycles. The molecule has 0 aliphatic heterocycles. The van der Waals surface area contributed by atoms with Crippen molar-refractivity contribution in [1.82, 2.24) is 15.6 Å². The number of hydrogen-bond acceptors (Lipinski definition) is 4. The molecule has 2 rings (SSSR count). The van der Waals surface area contributed by atoms with Crippen LogP contribution in [0.4, 0.5) is 10.5 Å². The number of nitrogens with one attached hydrogen (secondary N) is 3. The molecular formula is C13H16N4O4. The van der Waals surface area contributed by atoms with Gasteiger partial charge in [0.2, 0.25) is 5.91 Å². The van der Waals surface area contributed by atoms with Crippen LogP contribution in [0, 0.1) is 0 Å². The molecule has 0 atom stereocenters. The minimum atomic E-state index is -1.13. The van der Waals surface area contributed by atoms with Gasteiger partial charge in [0.15, 0.2) is 0 Å². The highest BCUT2D eigenvalue weighted by Crippen LogP contribution is 2.18. The summed E-state index contributed by atoms with van der Waals surface area (Å²) >= 11 is 0. The standard InChI is InChI=1S/C13H16N4O4/c18-11(16-8-1-2-8)5-6-14-13(21)17-9-3-4-10(12(19)20)15-7-9/h3-4,7-8H,1-2,5-6H2,(H,16,18)(H,19,20)(H2,14,17,21). The number of aromatic carboxylic acids is 1. The fraction of sp³-hybridized carbons (Fsp3) is 0.385. The van der Waals surface area contributed by atoms with Gasteiger partial charge in [-0.15, -0.1) is 0 Å². The summed E-state index contributed by atoms with van der Waals surface area (Å²) in [4.78, 5) is 37.2. The molecule has 0 bridgehead atoms. The van der Waals surface area contributed by atoms with Gasteiger partial charge in [-0.05, 0) is 25.0 Å². The zero-order valence-corrected chi connectivity index (χ0v) is 11.3. The van der Waals surface area contributed by atoms with Crippen molar-refractivity contribution >= 4 is 23.6 Å². The van der Waals surface area contributed by atoms with Gasteiger partial charge in [-0.1, -0.05) is 0 Å². The van der Waals surface area contributed by atoms with Crippen LogP contribution in [-0.2, 0) is 4.79 Å². The minimum Gasteiger partial charge on any atom is -0.477 e. The predicted molar refractivity (Wildman–Crippen MR) is 74.0 cm³/mol. The third-order valence-corrected chi connectivity index (χ3v) is 2.82. The molecule has 21 heavy (non-hydrogen) atoms. The topological polar surface area (TPSA) is 120 Å². The van der Waals surface area contributed by atoms with E-state index in [2.05, 4.69) is 20.9 Å². The molecule has 1 aromatic rings. The fourth-order valence-corrected chi connectivity index (χ4v) is 1.59. The number of carbonyl (C=O) groups excluding carboxylic acids is 2. The molecule has 1 aliphatic carbocycles. The Labute approximate surface area is 120 Å². The van der Waals surface area contributed by atoms with Gasteiger partial charge < -0.3 is 21.1 Å². The average Bonchev–Trinajstić information content (AvgIpc) is 3.23. The number of urea groups is 1. The number of carbonyl (C=O) groups is 3. The Bertz CT molecular complexity index is 540. The second kappa shape index (κ2) is 6.69. The van der Waals surface area contributed by atoms with Gasteiger partial charge in [-0.3, -0.25) is 4.79 Å². The lowest BCUT2D eigenvalue weighted by atomic mass is 10.3. The van der Waals surface area contributed by atoms with Crippen molar-refractivity contribution in [2.45, 2.75) is 25.3 Å². The third-order valence-electron chi connectivity index (χ3n) is 2.82. The van der Waals surface area contributed by atoms with Crippen LogP contribution in [0.3, 0.4) is 0 Å². The SMILES string of the molecule is O=C(CCNC(=O)Nc1ccc(C(=O)O)nc1)NC1CC1. The summed E-state index contributed by atoms with van der Waals surface area (Å²) in [6.45, 7) is 0.227. The van der Waals surface area contributed by atoms with E-state index < -0.39 is 12.0 Å². The van der Waals surface area contributed by atoms with E-state index in [9.17, 15) is 14.4 Å². The lowest BCUT2D eigenvalue weighted by Crippen LogP contribution is -2.34. The summed E-state index contributed by atoms with van der Waals surface area (Å²) in [5.74, 6) is -1.21. The molecular weight excluding hydrogens is 276 g/mol. The molecule has 0 aromatic carbocycles. The number of rotatable bonds is 6. The average molecular weight is 292 g/mol. The van der Waals surface area contributed by atoms with Crippen LogP contribution in [0.5, 0.6) is 0 Å². The summed E-state index contributed by atoms with van der Waals surface area (Å²) in [5, 5.41) is 16.5. The van der Waals surface area contributed by atoms with Crippen molar-refractivity contribution in [2.75, 3.05) is 11.9 Å². The quantitative estimate of drug-likeness (QED) is 0.611. The summed E-state index contributed by atoms with van der Waals surface area (Å²) in [6.07, 6.45) is 3.53. The number of carboxylic acids is 1. The predicted octanol–water partition coefficient (Wildman–Crippen LogP) is 0.570. The van der Waals surface area contributed by atoms with Crippen molar-refractivity contribution in [3.63, 3.8) is 0 Å². The highest BCUT2D eigenvalue weighted by atomic mass is 16.4. The lowest BCUT2D eigenvalue weighted by molar-refractivity contribution is -0.121. The van der Waals surface area contributed by atoms with Crippen molar-refractivity contribution in [3.8, 4) is 0 Å². The normalized spacial score (nSPS) is 13.3. The molecule has 8 nitrogen and oxygen atoms in total. The van der Waals surface area contributed by atoms with Gasteiger partial charge in [0.05, 0.1) is 11.9 Å². The Balaban J connectivity index is 1.68. The van der Waals surface area contributed by atoms with Gasteiger partial charge in [0.25, 0.3) is 0 Å². The zero-order chi connectivity index (χ0) is 15.2. The van der Waals surface area contributed by atoms with Crippen LogP contribution in [0.2, 0.25) is 0 Å². The number of amides is 3. The van der Waals surface area contributed by atoms with Crippen LogP contribution in [0.1, 0.15) is 29.8 Å². The van der Waals surface area contributed by atoms with Crippen LogP contribution < -0.4 is 16.0 Å². The maximum absolute atomic E-state index is 11.5. The number of pyridine rings is 1. The van der Waals surface area contributed by atoms with E-state index in [1.807, 2.05) is 0 Å². The molecule has 8 heteroatoms. The Morgan fingerprint density at radius 1 is 1.29 bits per heavy atom. The fourth-order valence-electron chi connectivity index (χ4n) is 1.59. The molecule has 1 fully saturated rings. The number of carboxylic acid groups (broad SMARTS) is 1. The van der Waals surface area contributed by atoms with Crippen molar-refractivity contribution in [2.24, 2.45) is 0 Å². The molecule has 3 amide bonds. The molecule has 112 valence electrons. The van der Waals surface area contributed by atoms with Gasteiger partial charge in [0.1, 0.15) is 5.69 Å². The van der Waals surface area contributed by atoms with Crippen LogP contribution in [0.15, 0.2) is 18.3 Å². The lowest BCUT2D eigenvalue weighted by Gasteiger charge is -2.07. The molecule has 0 spiro atoms. The molecule has 0 unspecified atom stereocenters. The third kappa shape index (κ3) is 5.09. The second-order valence-corrected chi connectivity index (χ2v) is 4.71. The first-order chi connectivity index (χ1) is 10.0. The van der Waals surface area contributed by atoms with Gasteiger partial charge in [-0.25, -0.2) is 14.6 Å². The van der Waals surface area contributed by atoms with Crippen molar-refractivity contribution < 1.29 is 19.5 Å². The van der Waals surface area contributed by atoms with E-state index in [1.165, 1.54) is 18.3 Å². The molecule has 0 radical (unpaired) electrons. The zero-order valence-electron chi connectivity index (χ0n) is 11.3. The van der Waals surface area contributed by atoms with E-state index in [0.717, 1.165) is 12.8 Å². The van der Waals surface area contributed by atoms with E-state index in [0.29, 0.717) is 11.7 Å². The highest BCUT2D eigenvalue weighted by molar-refractivity contribution is 5.90. The highest BCUT2D eigenvalue weighted by Gasteiger charge is 2.22. The summed E-state index contributed by atoms with van der Waals surface area (Å²) < 4.78 is 0. The number of hydrogen-bond donors (Lipinski definition) is 4. The Morgan fingerprint density at radius 2 is 2.05 bits per heavy atom. The van der Waals surface area contributed by atoms with Crippen LogP contribution >= 0.6 is 0 Å². The number of anilines is 1. The maximum Gasteiger partial charge on any atom is 0.354 e. The molecule has 1 aliphatic rings. The first-order valence-electron chi connectivity index (χ1n) is 6.58. The van der Waals surface area contributed by atoms with Crippen LogP contribution in [0.25, 0.3) is 0 Å². The molecule has 1 heterocycles. The van der Waals surface area contributed by atoms with Gasteiger partial charge in [0, 0.05) is 19.0 Å². The summed E-state index contributed by atoms with van der Waals surface area (Å²) in [7, 11) is 0. The number of nitrogens with zero attached hydrogens (tertiary/aromatic N) is 1. The van der Waals surface area contributed by atoms with E-state index in [1.54, 1.807) is 0 Å².